The average Bonchev–Trinajstić information content (AvgIpc) is 1.82. The summed E-state index contributed by atoms with van der Waals surface area (Å²) in [6.07, 6.45) is -1.05. The van der Waals surface area contributed by atoms with Crippen LogP contribution in [-0.2, 0) is 25.1 Å². The van der Waals surface area contributed by atoms with Crippen molar-refractivity contribution in [2.45, 2.75) is 12.8 Å². The monoisotopic (exact) mass is 203 g/mol. The Balaban J connectivity index is 0. The Morgan fingerprint density at radius 2 is 1.83 bits per heavy atom. The first-order valence-electron chi connectivity index (χ1n) is 2.52. The molecule has 0 aromatic rings. The van der Waals surface area contributed by atoms with E-state index < -0.39 is 36.1 Å². The molecular formula is C4H4NaO6S-. The molecule has 64 valence electrons. The summed E-state index contributed by atoms with van der Waals surface area (Å²) in [7, 11) is 0. The van der Waals surface area contributed by atoms with Gasteiger partial charge in [-0.05, 0) is 6.42 Å². The molecule has 1 unspecified atom stereocenters. The summed E-state index contributed by atoms with van der Waals surface area (Å²) < 4.78 is 22.9. The van der Waals surface area contributed by atoms with Gasteiger partial charge in [0.1, 0.15) is 11.4 Å². The molecule has 0 bridgehead atoms. The molecule has 0 spiro atoms. The van der Waals surface area contributed by atoms with Gasteiger partial charge in [-0.3, -0.25) is 4.79 Å². The van der Waals surface area contributed by atoms with E-state index >= 15 is 0 Å². The Morgan fingerprint density at radius 1 is 1.33 bits per heavy atom. The van der Waals surface area contributed by atoms with E-state index in [2.05, 4.69) is 4.18 Å². The normalized spacial score (nSPS) is 11.1. The van der Waals surface area contributed by atoms with Crippen LogP contribution in [0, 0.1) is 0 Å². The maximum absolute atomic E-state index is 10.3. The number of hydrogen-bond donors (Lipinski definition) is 0. The van der Waals surface area contributed by atoms with Gasteiger partial charge in [-0.1, -0.05) is 0 Å². The largest absolute Gasteiger partial charge is 1.00 e. The number of carboxylic acid groups (broad SMARTS) is 1. The SMILES string of the molecule is O=C([O-])CCC(=O)OS(=O)[O-].[Na+]. The van der Waals surface area contributed by atoms with Crippen LogP contribution in [0.2, 0.25) is 0 Å². The van der Waals surface area contributed by atoms with Gasteiger partial charge < -0.3 is 18.6 Å². The minimum atomic E-state index is -2.92. The second-order valence-electron chi connectivity index (χ2n) is 1.53. The Labute approximate surface area is 93.1 Å². The molecule has 0 aromatic heterocycles. The van der Waals surface area contributed by atoms with Crippen molar-refractivity contribution >= 4 is 23.3 Å². The summed E-state index contributed by atoms with van der Waals surface area (Å²) in [5.74, 6) is -2.54. The molecule has 0 amide bonds. The van der Waals surface area contributed by atoms with Crippen LogP contribution in [0.15, 0.2) is 0 Å². The van der Waals surface area contributed by atoms with E-state index in [9.17, 15) is 23.5 Å². The second-order valence-corrected chi connectivity index (χ2v) is 2.11. The number of carboxylic acids is 1. The van der Waals surface area contributed by atoms with Gasteiger partial charge in [0.05, 0.1) is 6.42 Å². The number of aliphatic carboxylic acids is 1. The first-order valence-corrected chi connectivity index (χ1v) is 3.52. The first kappa shape index (κ1) is 14.6. The van der Waals surface area contributed by atoms with Gasteiger partial charge in [0.15, 0.2) is 0 Å². The molecular weight excluding hydrogens is 199 g/mol. The molecule has 0 aliphatic rings. The van der Waals surface area contributed by atoms with E-state index in [1.807, 2.05) is 0 Å². The third kappa shape index (κ3) is 10.0. The van der Waals surface area contributed by atoms with Gasteiger partial charge in [-0.25, -0.2) is 4.21 Å². The zero-order valence-electron chi connectivity index (χ0n) is 6.27. The molecule has 0 rings (SSSR count). The van der Waals surface area contributed by atoms with Crippen LogP contribution in [0.4, 0.5) is 0 Å². The van der Waals surface area contributed by atoms with E-state index in [0.29, 0.717) is 0 Å². The smallest absolute Gasteiger partial charge is 0.740 e. The molecule has 0 heterocycles. The van der Waals surface area contributed by atoms with Gasteiger partial charge in [-0.2, -0.15) is 0 Å². The molecule has 0 aliphatic heterocycles. The van der Waals surface area contributed by atoms with Crippen LogP contribution in [0.3, 0.4) is 0 Å². The Bertz CT molecular complexity index is 192. The minimum absolute atomic E-state index is 0. The summed E-state index contributed by atoms with van der Waals surface area (Å²) in [5.41, 5.74) is 0. The summed E-state index contributed by atoms with van der Waals surface area (Å²) in [6.45, 7) is 0. The number of carbonyl (C=O) groups excluding carboxylic acids is 2. The third-order valence-electron chi connectivity index (χ3n) is 0.694. The van der Waals surface area contributed by atoms with Gasteiger partial charge in [0.25, 0.3) is 0 Å². The van der Waals surface area contributed by atoms with Crippen molar-refractivity contribution in [3.63, 3.8) is 0 Å². The first-order chi connectivity index (χ1) is 5.02. The summed E-state index contributed by atoms with van der Waals surface area (Å²) in [5, 5.41) is 9.72. The van der Waals surface area contributed by atoms with Crippen molar-refractivity contribution in [3.05, 3.63) is 0 Å². The molecule has 12 heavy (non-hydrogen) atoms. The fourth-order valence-corrected chi connectivity index (χ4v) is 0.557. The van der Waals surface area contributed by atoms with Crippen molar-refractivity contribution in [1.82, 2.24) is 0 Å². The molecule has 0 radical (unpaired) electrons. The number of carbonyl (C=O) groups is 2. The second kappa shape index (κ2) is 7.69. The Kier molecular flexibility index (Phi) is 9.33. The van der Waals surface area contributed by atoms with Crippen molar-refractivity contribution < 1.29 is 57.2 Å². The van der Waals surface area contributed by atoms with Crippen LogP contribution in [0.1, 0.15) is 12.8 Å². The third-order valence-corrected chi connectivity index (χ3v) is 1.02. The van der Waals surface area contributed by atoms with E-state index in [1.165, 1.54) is 0 Å². The number of rotatable bonds is 4. The fraction of sp³-hybridized carbons (Fsp3) is 0.500. The summed E-state index contributed by atoms with van der Waals surface area (Å²) in [6, 6.07) is 0. The summed E-state index contributed by atoms with van der Waals surface area (Å²) >= 11 is -2.92. The van der Waals surface area contributed by atoms with Crippen LogP contribution < -0.4 is 34.7 Å². The molecule has 0 aromatic carbocycles. The molecule has 1 atom stereocenters. The molecule has 8 heteroatoms. The van der Waals surface area contributed by atoms with Crippen LogP contribution in [0.5, 0.6) is 0 Å². The van der Waals surface area contributed by atoms with Crippen molar-refractivity contribution in [3.8, 4) is 0 Å². The Morgan fingerprint density at radius 3 is 2.17 bits per heavy atom. The number of hydrogen-bond acceptors (Lipinski definition) is 6. The predicted molar refractivity (Wildman–Crippen MR) is 29.3 cm³/mol. The Hall–Kier alpha value is 0.0500. The van der Waals surface area contributed by atoms with E-state index in [1.54, 1.807) is 0 Å². The van der Waals surface area contributed by atoms with Crippen molar-refractivity contribution in [2.75, 3.05) is 0 Å². The standard InChI is InChI=1S/C4H6O6S.Na/c5-3(6)1-2-4(7)10-11(8)9;/h1-2H2,(H,5,6)(H,8,9);/q;+1/p-2. The summed E-state index contributed by atoms with van der Waals surface area (Å²) in [4.78, 5) is 20.0. The molecule has 0 saturated heterocycles. The van der Waals surface area contributed by atoms with E-state index in [0.717, 1.165) is 0 Å². The van der Waals surface area contributed by atoms with Crippen LogP contribution in [-0.4, -0.2) is 20.7 Å². The minimum Gasteiger partial charge on any atom is -0.740 e. The quantitative estimate of drug-likeness (QED) is 0.334. The van der Waals surface area contributed by atoms with Gasteiger partial charge in [0.2, 0.25) is 0 Å². The molecule has 0 fully saturated rings. The predicted octanol–water partition coefficient (Wildman–Crippen LogP) is -5.14. The van der Waals surface area contributed by atoms with Crippen molar-refractivity contribution in [2.24, 2.45) is 0 Å². The molecule has 0 aliphatic carbocycles. The molecule has 6 nitrogen and oxygen atoms in total. The average molecular weight is 203 g/mol. The van der Waals surface area contributed by atoms with Crippen molar-refractivity contribution in [1.29, 1.82) is 0 Å². The maximum atomic E-state index is 10.3. The van der Waals surface area contributed by atoms with E-state index in [-0.39, 0.29) is 29.6 Å². The molecule has 0 N–H and O–H groups in total. The maximum Gasteiger partial charge on any atom is 1.00 e. The van der Waals surface area contributed by atoms with Crippen LogP contribution >= 0.6 is 0 Å². The van der Waals surface area contributed by atoms with E-state index in [4.69, 9.17) is 0 Å². The fourth-order valence-electron chi connectivity index (χ4n) is 0.322. The van der Waals surface area contributed by atoms with Gasteiger partial charge >= 0.3 is 35.5 Å². The zero-order valence-corrected chi connectivity index (χ0v) is 9.09. The topological polar surface area (TPSA) is 107 Å². The van der Waals surface area contributed by atoms with Gasteiger partial charge in [0, 0.05) is 5.97 Å². The van der Waals surface area contributed by atoms with Gasteiger partial charge in [-0.15, -0.1) is 0 Å². The molecule has 0 saturated carbocycles. The zero-order chi connectivity index (χ0) is 8.85. The van der Waals surface area contributed by atoms with Crippen LogP contribution in [0.25, 0.3) is 0 Å².